The van der Waals surface area contributed by atoms with Crippen molar-refractivity contribution in [3.63, 3.8) is 0 Å². The minimum atomic E-state index is 0.194. The highest BCUT2D eigenvalue weighted by atomic mass is 35.5. The molecule has 1 rings (SSSR count). The van der Waals surface area contributed by atoms with Gasteiger partial charge < -0.3 is 0 Å². The van der Waals surface area contributed by atoms with Crippen molar-refractivity contribution in [1.82, 2.24) is 0 Å². The number of carbonyl (C=O) groups is 1. The Balaban J connectivity index is 2.56. The lowest BCUT2D eigenvalue weighted by Gasteiger charge is -2.00. The smallest absolute Gasteiger partial charge is 0.141 e. The van der Waals surface area contributed by atoms with Crippen LogP contribution < -0.4 is 0 Å². The number of hydrogen-bond acceptors (Lipinski definition) is 1. The minimum Gasteiger partial charge on any atom is -0.299 e. The molecule has 0 heterocycles. The molecule has 0 N–H and O–H groups in total. The molecule has 1 nitrogen and oxygen atoms in total. The number of ketones is 1. The van der Waals surface area contributed by atoms with Gasteiger partial charge in [0.2, 0.25) is 0 Å². The van der Waals surface area contributed by atoms with Crippen LogP contribution >= 0.6 is 11.6 Å². The number of rotatable bonds is 4. The first-order chi connectivity index (χ1) is 6.58. The zero-order valence-corrected chi connectivity index (χ0v) is 8.97. The molecule has 2 heteroatoms. The van der Waals surface area contributed by atoms with Crippen molar-refractivity contribution in [3.8, 4) is 0 Å². The lowest BCUT2D eigenvalue weighted by atomic mass is 10.0. The lowest BCUT2D eigenvalue weighted by molar-refractivity contribution is -0.117. The zero-order valence-electron chi connectivity index (χ0n) is 8.22. The van der Waals surface area contributed by atoms with E-state index in [0.717, 1.165) is 11.1 Å². The predicted octanol–water partition coefficient (Wildman–Crippen LogP) is 3.42. The molecule has 0 spiro atoms. The summed E-state index contributed by atoms with van der Waals surface area (Å²) in [5.41, 5.74) is 1.91. The SMILES string of the molecule is C=C(C)CC(=O)Cc1ccc(Cl)cc1. The first-order valence-electron chi connectivity index (χ1n) is 4.48. The van der Waals surface area contributed by atoms with Gasteiger partial charge in [-0.05, 0) is 24.6 Å². The lowest BCUT2D eigenvalue weighted by Crippen LogP contribution is -2.02. The predicted molar refractivity (Wildman–Crippen MR) is 59.6 cm³/mol. The number of benzene rings is 1. The zero-order chi connectivity index (χ0) is 10.6. The average molecular weight is 209 g/mol. The van der Waals surface area contributed by atoms with Crippen molar-refractivity contribution in [3.05, 3.63) is 47.0 Å². The quantitative estimate of drug-likeness (QED) is 0.693. The van der Waals surface area contributed by atoms with E-state index < -0.39 is 0 Å². The summed E-state index contributed by atoms with van der Waals surface area (Å²) in [7, 11) is 0. The van der Waals surface area contributed by atoms with E-state index in [1.807, 2.05) is 19.1 Å². The van der Waals surface area contributed by atoms with Gasteiger partial charge in [0, 0.05) is 17.9 Å². The maximum Gasteiger partial charge on any atom is 0.141 e. The maximum atomic E-state index is 11.4. The van der Waals surface area contributed by atoms with Crippen molar-refractivity contribution >= 4 is 17.4 Å². The standard InChI is InChI=1S/C12H13ClO/c1-9(2)7-12(14)8-10-3-5-11(13)6-4-10/h3-6H,1,7-8H2,2H3. The highest BCUT2D eigenvalue weighted by Gasteiger charge is 2.03. The summed E-state index contributed by atoms with van der Waals surface area (Å²) in [4.78, 5) is 11.4. The largest absolute Gasteiger partial charge is 0.299 e. The molecule has 0 saturated heterocycles. The third-order valence-corrected chi connectivity index (χ3v) is 2.07. The van der Waals surface area contributed by atoms with Gasteiger partial charge in [-0.1, -0.05) is 35.9 Å². The molecule has 1 aromatic rings. The molecule has 0 atom stereocenters. The van der Waals surface area contributed by atoms with Gasteiger partial charge >= 0.3 is 0 Å². The number of carbonyl (C=O) groups excluding carboxylic acids is 1. The van der Waals surface area contributed by atoms with Gasteiger partial charge in [-0.15, -0.1) is 0 Å². The normalized spacial score (nSPS) is 9.86. The second-order valence-electron chi connectivity index (χ2n) is 3.48. The van der Waals surface area contributed by atoms with Gasteiger partial charge in [-0.3, -0.25) is 4.79 Å². The Labute approximate surface area is 89.4 Å². The van der Waals surface area contributed by atoms with Crippen LogP contribution in [0.25, 0.3) is 0 Å². The number of halogens is 1. The first kappa shape index (κ1) is 11.0. The molecule has 0 aliphatic heterocycles. The number of Topliss-reactive ketones (excluding diaryl/α,β-unsaturated/α-hetero) is 1. The summed E-state index contributed by atoms with van der Waals surface area (Å²) in [6.45, 7) is 5.57. The fourth-order valence-electron chi connectivity index (χ4n) is 1.23. The summed E-state index contributed by atoms with van der Waals surface area (Å²) < 4.78 is 0. The highest BCUT2D eigenvalue weighted by molar-refractivity contribution is 6.30. The molecule has 74 valence electrons. The molecular weight excluding hydrogens is 196 g/mol. The van der Waals surface area contributed by atoms with Crippen LogP contribution in [-0.4, -0.2) is 5.78 Å². The van der Waals surface area contributed by atoms with Crippen LogP contribution in [0.15, 0.2) is 36.4 Å². The molecule has 0 fully saturated rings. The Morgan fingerprint density at radius 3 is 2.43 bits per heavy atom. The van der Waals surface area contributed by atoms with Crippen molar-refractivity contribution in [2.45, 2.75) is 19.8 Å². The molecular formula is C12H13ClO. The van der Waals surface area contributed by atoms with E-state index in [2.05, 4.69) is 6.58 Å². The van der Waals surface area contributed by atoms with Crippen LogP contribution in [0.1, 0.15) is 18.9 Å². The van der Waals surface area contributed by atoms with Crippen LogP contribution in [0.5, 0.6) is 0 Å². The van der Waals surface area contributed by atoms with Gasteiger partial charge in [0.25, 0.3) is 0 Å². The van der Waals surface area contributed by atoms with Crippen LogP contribution in [0, 0.1) is 0 Å². The summed E-state index contributed by atoms with van der Waals surface area (Å²) >= 11 is 5.73. The summed E-state index contributed by atoms with van der Waals surface area (Å²) in [6.07, 6.45) is 0.923. The van der Waals surface area contributed by atoms with Gasteiger partial charge in [-0.2, -0.15) is 0 Å². The minimum absolute atomic E-state index is 0.194. The van der Waals surface area contributed by atoms with Crippen LogP contribution in [0.3, 0.4) is 0 Å². The maximum absolute atomic E-state index is 11.4. The van der Waals surface area contributed by atoms with E-state index in [1.165, 1.54) is 0 Å². The fourth-order valence-corrected chi connectivity index (χ4v) is 1.36. The van der Waals surface area contributed by atoms with E-state index in [-0.39, 0.29) is 5.78 Å². The first-order valence-corrected chi connectivity index (χ1v) is 4.86. The van der Waals surface area contributed by atoms with Gasteiger partial charge in [0.15, 0.2) is 0 Å². The summed E-state index contributed by atoms with van der Waals surface area (Å²) in [5, 5.41) is 0.695. The van der Waals surface area contributed by atoms with Crippen molar-refractivity contribution < 1.29 is 4.79 Å². The number of allylic oxidation sites excluding steroid dienone is 1. The second kappa shape index (κ2) is 4.97. The summed E-state index contributed by atoms with van der Waals surface area (Å²) in [6, 6.07) is 7.34. The van der Waals surface area contributed by atoms with Crippen LogP contribution in [0.2, 0.25) is 5.02 Å². The van der Waals surface area contributed by atoms with Crippen molar-refractivity contribution in [2.75, 3.05) is 0 Å². The molecule has 0 amide bonds. The second-order valence-corrected chi connectivity index (χ2v) is 3.91. The Morgan fingerprint density at radius 2 is 1.93 bits per heavy atom. The third kappa shape index (κ3) is 3.75. The molecule has 0 bridgehead atoms. The van der Waals surface area contributed by atoms with E-state index >= 15 is 0 Å². The van der Waals surface area contributed by atoms with Gasteiger partial charge in [0.05, 0.1) is 0 Å². The molecule has 0 aliphatic carbocycles. The number of hydrogen-bond donors (Lipinski definition) is 0. The Bertz CT molecular complexity index is 338. The van der Waals surface area contributed by atoms with Crippen molar-refractivity contribution in [2.24, 2.45) is 0 Å². The van der Waals surface area contributed by atoms with Gasteiger partial charge in [0.1, 0.15) is 5.78 Å². The van der Waals surface area contributed by atoms with Crippen molar-refractivity contribution in [1.29, 1.82) is 0 Å². The molecule has 0 unspecified atom stereocenters. The van der Waals surface area contributed by atoms with Crippen LogP contribution in [-0.2, 0) is 11.2 Å². The van der Waals surface area contributed by atoms with Gasteiger partial charge in [-0.25, -0.2) is 0 Å². The van der Waals surface area contributed by atoms with E-state index in [1.54, 1.807) is 12.1 Å². The third-order valence-electron chi connectivity index (χ3n) is 1.81. The van der Waals surface area contributed by atoms with E-state index in [4.69, 9.17) is 11.6 Å². The van der Waals surface area contributed by atoms with Crippen LogP contribution in [0.4, 0.5) is 0 Å². The Morgan fingerprint density at radius 1 is 1.36 bits per heavy atom. The molecule has 0 aromatic heterocycles. The molecule has 0 aliphatic rings. The molecule has 0 saturated carbocycles. The average Bonchev–Trinajstić information content (AvgIpc) is 2.07. The molecule has 1 aromatic carbocycles. The van der Waals surface area contributed by atoms with E-state index in [9.17, 15) is 4.79 Å². The topological polar surface area (TPSA) is 17.1 Å². The van der Waals surface area contributed by atoms with E-state index in [0.29, 0.717) is 17.9 Å². The summed E-state index contributed by atoms with van der Waals surface area (Å²) in [5.74, 6) is 0.194. The Kier molecular flexibility index (Phi) is 3.90. The molecule has 14 heavy (non-hydrogen) atoms. The fraction of sp³-hybridized carbons (Fsp3) is 0.250. The monoisotopic (exact) mass is 208 g/mol. The highest BCUT2D eigenvalue weighted by Crippen LogP contribution is 2.11. The Hall–Kier alpha value is -1.08. The molecule has 0 radical (unpaired) electrons.